The maximum atomic E-state index is 11.6. The van der Waals surface area contributed by atoms with E-state index in [0.717, 1.165) is 6.42 Å². The summed E-state index contributed by atoms with van der Waals surface area (Å²) in [5.41, 5.74) is 0.189. The second-order valence-corrected chi connectivity index (χ2v) is 10.1. The van der Waals surface area contributed by atoms with E-state index in [1.165, 1.54) is 0 Å². The van der Waals surface area contributed by atoms with Gasteiger partial charge in [0, 0.05) is 5.57 Å². The van der Waals surface area contributed by atoms with Crippen molar-refractivity contribution >= 4 is 34.1 Å². The van der Waals surface area contributed by atoms with Crippen molar-refractivity contribution in [2.75, 3.05) is 0 Å². The fraction of sp³-hybridized carbons (Fsp3) is 0.700. The molecule has 0 aliphatic carbocycles. The van der Waals surface area contributed by atoms with Crippen LogP contribution in [0.3, 0.4) is 0 Å². The van der Waals surface area contributed by atoms with Crippen LogP contribution >= 0.6 is 0 Å². The average molecular weight is 293 g/mol. The van der Waals surface area contributed by atoms with E-state index in [2.05, 4.69) is 19.7 Å². The van der Waals surface area contributed by atoms with Crippen LogP contribution in [0.4, 0.5) is 0 Å². The molecule has 0 fully saturated rings. The van der Waals surface area contributed by atoms with Crippen molar-refractivity contribution in [2.45, 2.75) is 45.6 Å². The van der Waals surface area contributed by atoms with E-state index in [-0.39, 0.29) is 11.7 Å². The molecule has 0 aromatic heterocycles. The Morgan fingerprint density at radius 1 is 1.35 bits per heavy atom. The monoisotopic (exact) mass is 292 g/mol. The van der Waals surface area contributed by atoms with E-state index < -0.39 is 28.1 Å². The van der Waals surface area contributed by atoms with Crippen molar-refractivity contribution in [2.24, 2.45) is 0 Å². The first kappa shape index (κ1) is 16.8. The highest BCUT2D eigenvalue weighted by Gasteiger charge is 2.41. The summed E-state index contributed by atoms with van der Waals surface area (Å²) in [7, 11) is -3.49. The van der Waals surface area contributed by atoms with Gasteiger partial charge in [-0.05, 0) is 19.9 Å². The van der Waals surface area contributed by atoms with Crippen LogP contribution in [0.15, 0.2) is 12.2 Å². The Hall–Kier alpha value is -0.219. The first-order valence-electron chi connectivity index (χ1n) is 6.05. The second-order valence-electron chi connectivity index (χ2n) is 3.96. The topological polar surface area (TPSA) is 44.8 Å². The minimum Gasteiger partial charge on any atom is -0.457 e. The first-order chi connectivity index (χ1) is 7.91. The van der Waals surface area contributed by atoms with Gasteiger partial charge in [-0.3, -0.25) is 0 Å². The molecule has 0 heterocycles. The van der Waals surface area contributed by atoms with Crippen molar-refractivity contribution in [1.29, 1.82) is 0 Å². The number of hydrogen-bond acceptors (Lipinski definition) is 4. The fourth-order valence-corrected chi connectivity index (χ4v) is 9.81. The van der Waals surface area contributed by atoms with Gasteiger partial charge < -0.3 is 13.0 Å². The molecule has 0 saturated heterocycles. The van der Waals surface area contributed by atoms with Gasteiger partial charge in [-0.2, -0.15) is 0 Å². The van der Waals surface area contributed by atoms with Crippen LogP contribution < -0.4 is 0 Å². The molecule has 1 unspecified atom stereocenters. The Balaban J connectivity index is 4.77. The summed E-state index contributed by atoms with van der Waals surface area (Å²) < 4.78 is 17.2. The molecule has 0 N–H and O–H groups in total. The van der Waals surface area contributed by atoms with Gasteiger partial charge in [-0.15, -0.1) is 0 Å². The second kappa shape index (κ2) is 7.98. The smallest absolute Gasteiger partial charge is 0.355 e. The molecule has 0 aromatic rings. The predicted molar refractivity (Wildman–Crippen MR) is 77.6 cm³/mol. The van der Waals surface area contributed by atoms with Crippen molar-refractivity contribution in [3.8, 4) is 0 Å². The number of esters is 1. The third-order valence-corrected chi connectivity index (χ3v) is 11.0. The lowest BCUT2D eigenvalue weighted by atomic mass is 10.4. The zero-order valence-electron chi connectivity index (χ0n) is 11.5. The van der Waals surface area contributed by atoms with Crippen molar-refractivity contribution in [3.05, 3.63) is 12.2 Å². The highest BCUT2D eigenvalue weighted by molar-refractivity contribution is 6.75. The van der Waals surface area contributed by atoms with E-state index >= 15 is 0 Å². The molecule has 0 aromatic carbocycles. The zero-order valence-corrected chi connectivity index (χ0v) is 15.4. The van der Waals surface area contributed by atoms with Gasteiger partial charge in [0.25, 0.3) is 0 Å². The quantitative estimate of drug-likeness (QED) is 0.377. The maximum Gasteiger partial charge on any atom is 0.355 e. The molecular weight excluding hydrogens is 268 g/mol. The Labute approximate surface area is 110 Å². The average Bonchev–Trinajstić information content (AvgIpc) is 2.25. The molecule has 0 aliphatic heterocycles. The van der Waals surface area contributed by atoms with Gasteiger partial charge in [0.1, 0.15) is 25.3 Å². The van der Waals surface area contributed by atoms with Crippen molar-refractivity contribution in [1.82, 2.24) is 0 Å². The van der Waals surface area contributed by atoms with E-state index in [9.17, 15) is 4.79 Å². The molecule has 0 saturated carbocycles. The van der Waals surface area contributed by atoms with Crippen LogP contribution in [0.5, 0.6) is 0 Å². The standard InChI is InChI=1S/C10H24O4Si3/c1-7-9(12-10(11)8(2)3)17(6,13-15-4)14-16-5/h9H,2,7,15-16H2,1,3-6H3. The Morgan fingerprint density at radius 3 is 2.12 bits per heavy atom. The molecule has 1 atom stereocenters. The van der Waals surface area contributed by atoms with Crippen LogP contribution in [0.2, 0.25) is 19.6 Å². The van der Waals surface area contributed by atoms with Crippen LogP contribution in [0.1, 0.15) is 20.3 Å². The maximum absolute atomic E-state index is 11.6. The number of ether oxygens (including phenoxy) is 1. The molecule has 0 bridgehead atoms. The summed E-state index contributed by atoms with van der Waals surface area (Å²) in [5, 5.41) is 0. The van der Waals surface area contributed by atoms with Crippen molar-refractivity contribution < 1.29 is 17.8 Å². The highest BCUT2D eigenvalue weighted by atomic mass is 28.4. The Bertz CT molecular complexity index is 264. The molecule has 0 aliphatic rings. The molecular formula is C10H24O4Si3. The van der Waals surface area contributed by atoms with Crippen LogP contribution in [0.25, 0.3) is 0 Å². The van der Waals surface area contributed by atoms with Gasteiger partial charge in [0.15, 0.2) is 0 Å². The summed E-state index contributed by atoms with van der Waals surface area (Å²) in [6, 6.07) is 0. The molecule has 17 heavy (non-hydrogen) atoms. The third-order valence-electron chi connectivity index (χ3n) is 2.42. The lowest BCUT2D eigenvalue weighted by Gasteiger charge is -2.33. The molecule has 7 heteroatoms. The lowest BCUT2D eigenvalue weighted by molar-refractivity contribution is -0.142. The van der Waals surface area contributed by atoms with Crippen LogP contribution in [-0.2, 0) is 17.8 Å². The summed E-state index contributed by atoms with van der Waals surface area (Å²) >= 11 is 0. The van der Waals surface area contributed by atoms with Crippen LogP contribution in [-0.4, -0.2) is 39.8 Å². The van der Waals surface area contributed by atoms with E-state index in [4.69, 9.17) is 13.0 Å². The molecule has 4 nitrogen and oxygen atoms in total. The summed E-state index contributed by atoms with van der Waals surface area (Å²) in [6.45, 7) is 13.4. The van der Waals surface area contributed by atoms with Crippen LogP contribution in [0, 0.1) is 0 Å². The normalized spacial score (nSPS) is 17.5. The zero-order chi connectivity index (χ0) is 13.5. The van der Waals surface area contributed by atoms with Crippen molar-refractivity contribution in [3.63, 3.8) is 0 Å². The molecule has 100 valence electrons. The summed E-state index contributed by atoms with van der Waals surface area (Å²) in [4.78, 5) is 11.6. The number of carbonyl (C=O) groups is 1. The largest absolute Gasteiger partial charge is 0.457 e. The molecule has 0 amide bonds. The predicted octanol–water partition coefficient (Wildman–Crippen LogP) is 0.792. The number of rotatable bonds is 8. The highest BCUT2D eigenvalue weighted by Crippen LogP contribution is 2.19. The summed E-state index contributed by atoms with van der Waals surface area (Å²) in [5.74, 6) is -0.349. The van der Waals surface area contributed by atoms with E-state index in [0.29, 0.717) is 5.57 Å². The van der Waals surface area contributed by atoms with Gasteiger partial charge in [0.2, 0.25) is 0 Å². The summed E-state index contributed by atoms with van der Waals surface area (Å²) in [6.07, 6.45) is 0.727. The molecule has 0 radical (unpaired) electrons. The van der Waals surface area contributed by atoms with E-state index in [1.807, 2.05) is 13.5 Å². The third kappa shape index (κ3) is 5.30. The van der Waals surface area contributed by atoms with Gasteiger partial charge in [0.05, 0.1) is 0 Å². The van der Waals surface area contributed by atoms with Gasteiger partial charge >= 0.3 is 14.5 Å². The Kier molecular flexibility index (Phi) is 7.88. The van der Waals surface area contributed by atoms with E-state index in [1.54, 1.807) is 6.92 Å². The minimum absolute atomic E-state index is 0.230. The molecule has 0 rings (SSSR count). The number of hydrogen-bond donors (Lipinski definition) is 0. The molecule has 0 spiro atoms. The minimum atomic E-state index is -2.35. The Morgan fingerprint density at radius 2 is 1.82 bits per heavy atom. The van der Waals surface area contributed by atoms with Gasteiger partial charge in [-0.25, -0.2) is 4.79 Å². The fourth-order valence-electron chi connectivity index (χ4n) is 1.59. The SMILES string of the molecule is C=C(C)C(=O)OC(CC)[Si](C)(O[SiH2]C)O[SiH2]C. The number of carbonyl (C=O) groups excluding carboxylic acids is 1. The lowest BCUT2D eigenvalue weighted by Crippen LogP contribution is -2.53. The van der Waals surface area contributed by atoms with Gasteiger partial charge in [-0.1, -0.05) is 26.6 Å². The first-order valence-corrected chi connectivity index (χ1v) is 12.4.